The van der Waals surface area contributed by atoms with E-state index in [4.69, 9.17) is 9.51 Å². The summed E-state index contributed by atoms with van der Waals surface area (Å²) >= 11 is 0. The number of aliphatic hydroxyl groups excluding tert-OH is 1. The number of nitrogens with zero attached hydrogens (tertiary/aromatic N) is 5. The summed E-state index contributed by atoms with van der Waals surface area (Å²) in [7, 11) is 0. The molecule has 9 unspecified atom stereocenters. The van der Waals surface area contributed by atoms with Crippen molar-refractivity contribution in [2.75, 3.05) is 0 Å². The van der Waals surface area contributed by atoms with Crippen molar-refractivity contribution < 1.29 is 14.4 Å². The maximum absolute atomic E-state index is 14.8. The number of carbonyl (C=O) groups excluding carboxylic acids is 1. The van der Waals surface area contributed by atoms with Gasteiger partial charge in [0, 0.05) is 17.7 Å². The van der Waals surface area contributed by atoms with E-state index in [-0.39, 0.29) is 39.1 Å². The third-order valence-electron chi connectivity index (χ3n) is 17.5. The minimum Gasteiger partial charge on any atom is -0.393 e. The van der Waals surface area contributed by atoms with Gasteiger partial charge in [-0.25, -0.2) is 0 Å². The molecule has 2 aromatic carbocycles. The Kier molecular flexibility index (Phi) is 9.22. The maximum atomic E-state index is 14.8. The fraction of sp³-hybridized carbons (Fsp3) is 0.617. The molecule has 10 atom stereocenters. The summed E-state index contributed by atoms with van der Waals surface area (Å²) < 4.78 is 5.67. The lowest BCUT2D eigenvalue weighted by Crippen LogP contribution is -2.67. The predicted octanol–water partition coefficient (Wildman–Crippen LogP) is 9.14. The number of allylic oxidation sites excluding steroid dienone is 1. The molecule has 2 aromatic heterocycles. The second-order valence-electron chi connectivity index (χ2n) is 20.2. The average molecular weight is 772 g/mol. The van der Waals surface area contributed by atoms with E-state index in [0.717, 1.165) is 60.8 Å². The highest BCUT2D eigenvalue weighted by Crippen LogP contribution is 2.77. The van der Waals surface area contributed by atoms with Gasteiger partial charge in [0.1, 0.15) is 0 Å². The van der Waals surface area contributed by atoms with E-state index in [2.05, 4.69) is 91.4 Å². The number of amides is 1. The van der Waals surface area contributed by atoms with Gasteiger partial charge in [-0.3, -0.25) is 4.79 Å². The van der Waals surface area contributed by atoms with E-state index in [1.54, 1.807) is 0 Å². The molecule has 10 nitrogen and oxygen atoms in total. The lowest BCUT2D eigenvalue weighted by molar-refractivity contribution is -0.246. The quantitative estimate of drug-likeness (QED) is 0.151. The summed E-state index contributed by atoms with van der Waals surface area (Å²) in [5.74, 6) is 4.19. The van der Waals surface area contributed by atoms with Crippen LogP contribution in [0.2, 0.25) is 0 Å². The number of H-pyrrole nitrogens is 1. The van der Waals surface area contributed by atoms with Gasteiger partial charge in [0.2, 0.25) is 23.4 Å². The highest BCUT2D eigenvalue weighted by Gasteiger charge is 2.71. The van der Waals surface area contributed by atoms with Gasteiger partial charge in [-0.05, 0) is 145 Å². The zero-order chi connectivity index (χ0) is 40.0. The summed E-state index contributed by atoms with van der Waals surface area (Å²) in [6, 6.07) is 16.0. The number of carbonyl (C=O) groups is 1. The van der Waals surface area contributed by atoms with E-state index in [1.165, 1.54) is 31.3 Å². The van der Waals surface area contributed by atoms with Crippen LogP contribution in [0, 0.1) is 56.7 Å². The van der Waals surface area contributed by atoms with Crippen LogP contribution in [0.25, 0.3) is 22.8 Å². The van der Waals surface area contributed by atoms with E-state index >= 15 is 0 Å². The molecule has 0 radical (unpaired) electrons. The molecule has 5 aliphatic carbocycles. The van der Waals surface area contributed by atoms with Gasteiger partial charge in [-0.15, -0.1) is 10.2 Å². The van der Waals surface area contributed by atoms with Gasteiger partial charge in [-0.2, -0.15) is 10.2 Å². The van der Waals surface area contributed by atoms with Crippen LogP contribution in [0.5, 0.6) is 0 Å². The fourth-order valence-corrected chi connectivity index (χ4v) is 14.4. The van der Waals surface area contributed by atoms with Crippen LogP contribution in [0.15, 0.2) is 65.2 Å². The molecule has 5 saturated carbocycles. The smallest absolute Gasteiger partial charge is 0.231 e. The maximum Gasteiger partial charge on any atom is 0.231 e. The van der Waals surface area contributed by atoms with Gasteiger partial charge in [0.15, 0.2) is 0 Å². The first-order chi connectivity index (χ1) is 27.2. The molecule has 9 rings (SSSR count). The third-order valence-corrected chi connectivity index (χ3v) is 17.5. The molecule has 10 heteroatoms. The van der Waals surface area contributed by atoms with Gasteiger partial charge in [0.05, 0.1) is 17.9 Å². The largest absolute Gasteiger partial charge is 0.393 e. The Morgan fingerprint density at radius 2 is 1.68 bits per heavy atom. The van der Waals surface area contributed by atoms with Crippen molar-refractivity contribution in [3.63, 3.8) is 0 Å². The summed E-state index contributed by atoms with van der Waals surface area (Å²) in [6.45, 7) is 19.8. The number of aromatic amines is 1. The molecule has 5 fully saturated rings. The zero-order valence-corrected chi connectivity index (χ0v) is 34.8. The number of tetrazole rings is 1. The van der Waals surface area contributed by atoms with E-state index in [9.17, 15) is 9.90 Å². The van der Waals surface area contributed by atoms with E-state index in [1.807, 2.05) is 36.4 Å². The Hall–Kier alpha value is -4.18. The molecule has 302 valence electrons. The highest BCUT2D eigenvalue weighted by atomic mass is 16.5. The van der Waals surface area contributed by atoms with Crippen molar-refractivity contribution in [2.24, 2.45) is 56.7 Å². The van der Waals surface area contributed by atoms with Gasteiger partial charge >= 0.3 is 0 Å². The van der Waals surface area contributed by atoms with Crippen LogP contribution < -0.4 is 5.32 Å². The fourth-order valence-electron chi connectivity index (χ4n) is 14.4. The molecule has 4 aromatic rings. The predicted molar refractivity (Wildman–Crippen MR) is 219 cm³/mol. The molecule has 1 amide bonds. The van der Waals surface area contributed by atoms with Crippen molar-refractivity contribution in [3.8, 4) is 22.8 Å². The molecule has 0 saturated heterocycles. The minimum absolute atomic E-state index is 0.0530. The Labute approximate surface area is 337 Å². The SMILES string of the molecule is C=C(C)C1CCC2(C(=O)NCc3cccc(-c4noc(Cc5ccc(-c6nn[nH]n6)cc5)n4)c3)CC[C@]3(C)C(CCC4C5(C)CCC(O)C(C)(C)C5CCC43C)C12. The van der Waals surface area contributed by atoms with E-state index in [0.29, 0.717) is 60.1 Å². The number of benzene rings is 2. The van der Waals surface area contributed by atoms with E-state index < -0.39 is 0 Å². The lowest BCUT2D eigenvalue weighted by Gasteiger charge is -2.72. The number of hydrogen-bond donors (Lipinski definition) is 3. The van der Waals surface area contributed by atoms with Gasteiger partial charge < -0.3 is 14.9 Å². The van der Waals surface area contributed by atoms with Gasteiger partial charge in [-0.1, -0.05) is 94.4 Å². The number of nitrogens with one attached hydrogen (secondary N) is 2. The van der Waals surface area contributed by atoms with Crippen molar-refractivity contribution in [3.05, 3.63) is 77.7 Å². The number of fused-ring (bicyclic) bond motifs is 7. The molecule has 0 spiro atoms. The summed E-state index contributed by atoms with van der Waals surface area (Å²) in [4.78, 5) is 19.5. The van der Waals surface area contributed by atoms with Crippen LogP contribution in [0.4, 0.5) is 0 Å². The van der Waals surface area contributed by atoms with Crippen LogP contribution >= 0.6 is 0 Å². The van der Waals surface area contributed by atoms with Crippen molar-refractivity contribution in [1.29, 1.82) is 0 Å². The molecule has 57 heavy (non-hydrogen) atoms. The molecule has 5 aliphatic rings. The topological polar surface area (TPSA) is 143 Å². The molecular weight excluding hydrogens is 711 g/mol. The average Bonchev–Trinajstić information content (AvgIpc) is 3.98. The second-order valence-corrected chi connectivity index (χ2v) is 20.2. The summed E-state index contributed by atoms with van der Waals surface area (Å²) in [6.07, 6.45) is 11.2. The minimum atomic E-state index is -0.376. The van der Waals surface area contributed by atoms with Crippen LogP contribution in [-0.4, -0.2) is 47.9 Å². The number of hydrogen-bond acceptors (Lipinski definition) is 8. The van der Waals surface area contributed by atoms with Gasteiger partial charge in [0.25, 0.3) is 0 Å². The van der Waals surface area contributed by atoms with Crippen LogP contribution in [-0.2, 0) is 17.8 Å². The standard InChI is InChI=1S/C47H61N7O3/c1-28(2)33-17-22-47(24-23-45(6)34(39(33)47)15-16-36-44(5)20-19-37(55)43(3,4)35(44)18-21-46(36,45)7)42(56)48-27-30-9-8-10-32(25-30)40-49-38(57-52-40)26-29-11-13-31(14-12-29)41-50-53-54-51-41/h8-14,25,33-37,39,55H,1,15-24,26-27H2,2-7H3,(H,48,56)(H,50,51,53,54)/t33?,34?,35?,36?,37?,39?,44?,45-,46?,47?/m1/s1. The monoisotopic (exact) mass is 771 g/mol. The van der Waals surface area contributed by atoms with Crippen LogP contribution in [0.1, 0.15) is 123 Å². The Bertz CT molecular complexity index is 2140. The Balaban J connectivity index is 0.912. The lowest BCUT2D eigenvalue weighted by atomic mass is 9.32. The first-order valence-corrected chi connectivity index (χ1v) is 21.6. The first kappa shape index (κ1) is 38.3. The summed E-state index contributed by atoms with van der Waals surface area (Å²) in [5.41, 5.74) is 5.22. The number of rotatable bonds is 8. The van der Waals surface area contributed by atoms with Crippen molar-refractivity contribution >= 4 is 5.91 Å². The second kappa shape index (κ2) is 13.7. The molecular formula is C47H61N7O3. The number of aromatic nitrogens is 6. The third kappa shape index (κ3) is 5.89. The molecule has 2 heterocycles. The molecule has 0 bridgehead atoms. The van der Waals surface area contributed by atoms with Crippen molar-refractivity contribution in [2.45, 2.75) is 125 Å². The highest BCUT2D eigenvalue weighted by molar-refractivity contribution is 5.84. The van der Waals surface area contributed by atoms with Crippen molar-refractivity contribution in [1.82, 2.24) is 36.1 Å². The molecule has 3 N–H and O–H groups in total. The molecule has 0 aliphatic heterocycles. The Morgan fingerprint density at radius 3 is 2.44 bits per heavy atom. The Morgan fingerprint density at radius 1 is 0.877 bits per heavy atom. The van der Waals surface area contributed by atoms with Crippen LogP contribution in [0.3, 0.4) is 0 Å². The number of aliphatic hydroxyl groups is 1. The normalized spacial score (nSPS) is 36.7. The zero-order valence-electron chi connectivity index (χ0n) is 34.8. The first-order valence-electron chi connectivity index (χ1n) is 21.6. The summed E-state index contributed by atoms with van der Waals surface area (Å²) in [5, 5.41) is 33.1.